The van der Waals surface area contributed by atoms with Crippen molar-refractivity contribution >= 4 is 49.6 Å². The summed E-state index contributed by atoms with van der Waals surface area (Å²) in [5, 5.41) is 4.96. The molecule has 2 nitrogen and oxygen atoms in total. The van der Waals surface area contributed by atoms with Crippen LogP contribution in [0, 0.1) is 0 Å². The summed E-state index contributed by atoms with van der Waals surface area (Å²) in [5.41, 5.74) is 16.2. The van der Waals surface area contributed by atoms with Crippen LogP contribution in [0.3, 0.4) is 0 Å². The lowest BCUT2D eigenvalue weighted by Gasteiger charge is -2.29. The first-order chi connectivity index (χ1) is 29.8. The summed E-state index contributed by atoms with van der Waals surface area (Å²) >= 11 is 0. The van der Waals surface area contributed by atoms with E-state index in [1.807, 2.05) is 0 Å². The monoisotopic (exact) mass is 764 g/mol. The molecule has 0 aliphatic rings. The van der Waals surface area contributed by atoms with Gasteiger partial charge < -0.3 is 9.47 Å². The third-order valence-corrected chi connectivity index (χ3v) is 11.8. The Morgan fingerprint density at radius 3 is 1.33 bits per heavy atom. The molecule has 0 spiro atoms. The molecule has 0 unspecified atom stereocenters. The first-order valence-electron chi connectivity index (χ1n) is 20.6. The van der Waals surface area contributed by atoms with E-state index in [1.54, 1.807) is 0 Å². The van der Waals surface area contributed by atoms with Gasteiger partial charge in [-0.25, -0.2) is 0 Å². The van der Waals surface area contributed by atoms with E-state index < -0.39 is 0 Å². The number of anilines is 3. The zero-order chi connectivity index (χ0) is 39.8. The minimum Gasteiger partial charge on any atom is -0.308 e. The third kappa shape index (κ3) is 6.23. The molecule has 0 atom stereocenters. The van der Waals surface area contributed by atoms with Gasteiger partial charge in [0.2, 0.25) is 0 Å². The Bertz CT molecular complexity index is 3180. The summed E-state index contributed by atoms with van der Waals surface area (Å²) in [6, 6.07) is 88.0. The van der Waals surface area contributed by atoms with Crippen molar-refractivity contribution in [3.63, 3.8) is 0 Å². The molecule has 11 aromatic rings. The second-order valence-electron chi connectivity index (χ2n) is 15.3. The molecule has 0 amide bonds. The molecule has 1 heterocycles. The Morgan fingerprint density at radius 1 is 0.300 bits per heavy atom. The zero-order valence-corrected chi connectivity index (χ0v) is 33.0. The van der Waals surface area contributed by atoms with Gasteiger partial charge in [0.25, 0.3) is 0 Å². The van der Waals surface area contributed by atoms with Crippen molar-refractivity contribution in [2.24, 2.45) is 0 Å². The average Bonchev–Trinajstić information content (AvgIpc) is 3.67. The van der Waals surface area contributed by atoms with E-state index in [9.17, 15) is 0 Å². The van der Waals surface area contributed by atoms with Gasteiger partial charge in [0.05, 0.1) is 22.4 Å². The number of nitrogens with zero attached hydrogens (tertiary/aromatic N) is 2. The van der Waals surface area contributed by atoms with Gasteiger partial charge in [-0.2, -0.15) is 0 Å². The average molecular weight is 765 g/mol. The molecule has 10 aromatic carbocycles. The maximum atomic E-state index is 2.44. The summed E-state index contributed by atoms with van der Waals surface area (Å²) in [5.74, 6) is 0. The maximum Gasteiger partial charge on any atom is 0.0702 e. The Morgan fingerprint density at radius 2 is 0.767 bits per heavy atom. The van der Waals surface area contributed by atoms with Crippen LogP contribution >= 0.6 is 0 Å². The Hall–Kier alpha value is -7.94. The predicted molar refractivity (Wildman–Crippen MR) is 255 cm³/mol. The molecule has 0 saturated heterocycles. The summed E-state index contributed by atoms with van der Waals surface area (Å²) in [7, 11) is 0. The normalized spacial score (nSPS) is 11.3. The van der Waals surface area contributed by atoms with Crippen LogP contribution in [0.5, 0.6) is 0 Å². The molecule has 0 radical (unpaired) electrons. The van der Waals surface area contributed by atoms with Crippen molar-refractivity contribution in [2.45, 2.75) is 0 Å². The zero-order valence-electron chi connectivity index (χ0n) is 33.0. The summed E-state index contributed by atoms with van der Waals surface area (Å²) in [6.45, 7) is 0. The lowest BCUT2D eigenvalue weighted by molar-refractivity contribution is 1.15. The van der Waals surface area contributed by atoms with E-state index in [2.05, 4.69) is 252 Å². The van der Waals surface area contributed by atoms with Crippen LogP contribution in [-0.2, 0) is 0 Å². The van der Waals surface area contributed by atoms with E-state index in [4.69, 9.17) is 0 Å². The lowest BCUT2D eigenvalue weighted by atomic mass is 9.91. The standard InChI is InChI=1S/C58H40N2/c1-4-18-41(19-5-1)46-38-47(42-20-6-2-7-21-42)40-49(39-46)59(56-32-14-15-33-57(56)60-54-30-12-10-26-52(54)53-27-11-13-31-55(53)60)48-36-34-44(35-37-48)51-29-17-25-45-24-16-28-50(58(45)51)43-22-8-3-9-23-43/h1-40H. The molecule has 0 bridgehead atoms. The Labute approximate surface area is 350 Å². The van der Waals surface area contributed by atoms with Gasteiger partial charge in [0, 0.05) is 22.1 Å². The predicted octanol–water partition coefficient (Wildman–Crippen LogP) is 16.1. The molecule has 11 rings (SSSR count). The lowest BCUT2D eigenvalue weighted by Crippen LogP contribution is -2.13. The minimum absolute atomic E-state index is 1.07. The highest BCUT2D eigenvalue weighted by molar-refractivity contribution is 6.10. The van der Waals surface area contributed by atoms with Gasteiger partial charge in [0.15, 0.2) is 0 Å². The van der Waals surface area contributed by atoms with Crippen LogP contribution in [0.2, 0.25) is 0 Å². The van der Waals surface area contributed by atoms with E-state index >= 15 is 0 Å². The van der Waals surface area contributed by atoms with Gasteiger partial charge in [-0.3, -0.25) is 0 Å². The first kappa shape index (κ1) is 35.2. The van der Waals surface area contributed by atoms with E-state index in [1.165, 1.54) is 66.0 Å². The molecule has 60 heavy (non-hydrogen) atoms. The van der Waals surface area contributed by atoms with Crippen molar-refractivity contribution in [3.8, 4) is 50.2 Å². The van der Waals surface area contributed by atoms with Crippen LogP contribution in [0.25, 0.3) is 82.8 Å². The maximum absolute atomic E-state index is 2.44. The number of hydrogen-bond donors (Lipinski definition) is 0. The van der Waals surface area contributed by atoms with Crippen LogP contribution in [-0.4, -0.2) is 4.57 Å². The van der Waals surface area contributed by atoms with Crippen molar-refractivity contribution < 1.29 is 0 Å². The summed E-state index contributed by atoms with van der Waals surface area (Å²) in [4.78, 5) is 2.44. The molecule has 0 aliphatic carbocycles. The van der Waals surface area contributed by atoms with Gasteiger partial charge in [-0.15, -0.1) is 0 Å². The molecule has 0 aliphatic heterocycles. The number of fused-ring (bicyclic) bond motifs is 4. The fourth-order valence-electron chi connectivity index (χ4n) is 9.02. The van der Waals surface area contributed by atoms with Gasteiger partial charge >= 0.3 is 0 Å². The molecule has 0 fully saturated rings. The van der Waals surface area contributed by atoms with Gasteiger partial charge in [0.1, 0.15) is 0 Å². The number of rotatable bonds is 8. The number of benzene rings is 10. The van der Waals surface area contributed by atoms with Crippen LogP contribution in [0.1, 0.15) is 0 Å². The van der Waals surface area contributed by atoms with Crippen molar-refractivity contribution in [2.75, 3.05) is 4.90 Å². The quantitative estimate of drug-likeness (QED) is 0.150. The van der Waals surface area contributed by atoms with Gasteiger partial charge in [-0.05, 0) is 110 Å². The van der Waals surface area contributed by atoms with Crippen molar-refractivity contribution in [3.05, 3.63) is 243 Å². The van der Waals surface area contributed by atoms with Gasteiger partial charge in [-0.1, -0.05) is 188 Å². The Kier molecular flexibility index (Phi) is 8.87. The van der Waals surface area contributed by atoms with E-state index in [0.29, 0.717) is 0 Å². The highest BCUT2D eigenvalue weighted by Gasteiger charge is 2.22. The molecule has 1 aromatic heterocycles. The molecule has 282 valence electrons. The van der Waals surface area contributed by atoms with E-state index in [-0.39, 0.29) is 0 Å². The minimum atomic E-state index is 1.07. The highest BCUT2D eigenvalue weighted by Crippen LogP contribution is 2.45. The fraction of sp³-hybridized carbons (Fsp3) is 0. The number of aromatic nitrogens is 1. The first-order valence-corrected chi connectivity index (χ1v) is 20.6. The molecular formula is C58H40N2. The van der Waals surface area contributed by atoms with Crippen molar-refractivity contribution in [1.29, 1.82) is 0 Å². The van der Waals surface area contributed by atoms with Crippen molar-refractivity contribution in [1.82, 2.24) is 4.57 Å². The highest BCUT2D eigenvalue weighted by atomic mass is 15.2. The van der Waals surface area contributed by atoms with E-state index in [0.717, 1.165) is 33.9 Å². The summed E-state index contributed by atoms with van der Waals surface area (Å²) < 4.78 is 2.43. The molecule has 0 saturated carbocycles. The number of hydrogen-bond acceptors (Lipinski definition) is 1. The fourth-order valence-corrected chi connectivity index (χ4v) is 9.02. The smallest absolute Gasteiger partial charge is 0.0702 e. The Balaban J connectivity index is 1.15. The molecular weight excluding hydrogens is 725 g/mol. The number of para-hydroxylation sites is 4. The van der Waals surface area contributed by atoms with Crippen LogP contribution in [0.15, 0.2) is 243 Å². The second-order valence-corrected chi connectivity index (χ2v) is 15.3. The van der Waals surface area contributed by atoms with Crippen LogP contribution < -0.4 is 4.90 Å². The molecule has 2 heteroatoms. The van der Waals surface area contributed by atoms with Crippen LogP contribution in [0.4, 0.5) is 17.1 Å². The topological polar surface area (TPSA) is 8.17 Å². The second kappa shape index (κ2) is 15.1. The SMILES string of the molecule is c1ccc(-c2cc(-c3ccccc3)cc(N(c3ccc(-c4cccc5cccc(-c6ccccc6)c45)cc3)c3ccccc3-n3c4ccccc4c4ccccc43)c2)cc1. The molecule has 0 N–H and O–H groups in total. The summed E-state index contributed by atoms with van der Waals surface area (Å²) in [6.07, 6.45) is 0. The largest absolute Gasteiger partial charge is 0.308 e. The third-order valence-electron chi connectivity index (χ3n) is 11.8.